The third-order valence-corrected chi connectivity index (χ3v) is 0. The summed E-state index contributed by atoms with van der Waals surface area (Å²) in [6.07, 6.45) is 0. The van der Waals surface area contributed by atoms with Crippen LogP contribution in [0.2, 0.25) is 0 Å². The summed E-state index contributed by atoms with van der Waals surface area (Å²) in [6.45, 7) is 0. The normalized spacial score (nSPS) is 5.40. The van der Waals surface area contributed by atoms with Crippen molar-refractivity contribution in [1.29, 1.82) is 0 Å². The van der Waals surface area contributed by atoms with Gasteiger partial charge < -0.3 is 43.1 Å². The molecule has 0 N–H and O–H groups in total. The molecule has 0 bridgehead atoms. The van der Waals surface area contributed by atoms with E-state index in [9.17, 15) is 12.9 Å². The Bertz CT molecular complexity index is 57.4. The van der Waals surface area contributed by atoms with E-state index in [1.165, 1.54) is 0 Å². The molecule has 0 unspecified atom stereocenters. The molecule has 0 rings (SSSR count). The van der Waals surface area contributed by atoms with E-state index in [4.69, 9.17) is 30.1 Å². The maximum absolute atomic E-state index is 9.89. The predicted octanol–water partition coefficient (Wildman–Crippen LogP) is -7.02. The van der Waals surface area contributed by atoms with Crippen molar-refractivity contribution >= 4 is 22.2 Å². The Hall–Kier alpha value is 1.61. The second kappa shape index (κ2) is 29.6. The monoisotopic (exact) mass is 378 g/mol. The second-order valence-corrected chi connectivity index (χ2v) is 0.823. The smallest absolute Gasteiger partial charge is 0.867 e. The molecule has 0 saturated heterocycles. The van der Waals surface area contributed by atoms with Crippen molar-refractivity contribution in [2.75, 3.05) is 0 Å². The van der Waals surface area contributed by atoms with Crippen LogP contribution in [0.15, 0.2) is 0 Å². The Morgan fingerprint density at radius 3 is 0.467 bits per heavy atom. The van der Waals surface area contributed by atoms with E-state index in [1.807, 2.05) is 0 Å². The molecular weight excluding hydrogens is 382 g/mol. The van der Waals surface area contributed by atoms with Crippen LogP contribution in [0.4, 0.5) is 12.9 Å². The molecule has 0 aromatic carbocycles. The Morgan fingerprint density at radius 1 is 0.467 bits per heavy atom. The molecule has 0 radical (unpaired) electrons. The van der Waals surface area contributed by atoms with Gasteiger partial charge in [-0.1, -0.05) is 0 Å². The van der Waals surface area contributed by atoms with E-state index in [1.54, 1.807) is 0 Å². The number of hydrogen-bond acceptors (Lipinski definition) is 6. The van der Waals surface area contributed by atoms with Crippen LogP contribution in [0.3, 0.4) is 0 Å². The number of halogens is 3. The Labute approximate surface area is 123 Å². The van der Waals surface area contributed by atoms with E-state index >= 15 is 0 Å². The van der Waals surface area contributed by atoms with Gasteiger partial charge in [0.05, 0.1) is 0 Å². The topological polar surface area (TPSA) is 138 Å². The van der Waals surface area contributed by atoms with Crippen molar-refractivity contribution in [3.8, 4) is 0 Å². The number of rotatable bonds is 0. The first kappa shape index (κ1) is 36.0. The maximum atomic E-state index is 9.89. The van der Waals surface area contributed by atoms with Crippen LogP contribution in [0.1, 0.15) is 0 Å². The summed E-state index contributed by atoms with van der Waals surface area (Å²) in [5.41, 5.74) is 0. The van der Waals surface area contributed by atoms with Gasteiger partial charge in [-0.05, 0) is 0 Å². The third-order valence-electron chi connectivity index (χ3n) is 0. The van der Waals surface area contributed by atoms with Gasteiger partial charge in [-0.15, -0.1) is 0 Å². The minimum absolute atomic E-state index is 0. The van der Waals surface area contributed by atoms with E-state index < -0.39 is 22.2 Å². The van der Waals surface area contributed by atoms with Crippen LogP contribution in [-0.4, -0.2) is 22.2 Å². The van der Waals surface area contributed by atoms with Crippen LogP contribution in [0, 0.1) is 0 Å². The van der Waals surface area contributed by atoms with Crippen LogP contribution in [0.5, 0.6) is 0 Å². The van der Waals surface area contributed by atoms with Crippen molar-refractivity contribution in [1.82, 2.24) is 0 Å². The predicted molar refractivity (Wildman–Crippen MR) is 20.6 cm³/mol. The van der Waals surface area contributed by atoms with Gasteiger partial charge in [-0.2, -0.15) is 0 Å². The van der Waals surface area contributed by atoms with Gasteiger partial charge in [0.1, 0.15) is 22.2 Å². The summed E-state index contributed by atoms with van der Waals surface area (Å²) in [7, 11) is -9.50. The van der Waals surface area contributed by atoms with Crippen LogP contribution < -0.4 is 30.1 Å². The first-order valence-corrected chi connectivity index (χ1v) is 2.07. The molecule has 0 amide bonds. The standard InChI is InChI=1S/3BFO2.3Zn/c3*2-1(3)4;;;/q3*-2;3*+2. The molecule has 6 nitrogen and oxygen atoms in total. The molecule has 0 atom stereocenters. The van der Waals surface area contributed by atoms with Crippen LogP contribution >= 0.6 is 0 Å². The Balaban J connectivity index is -0.0000000184. The fourth-order valence-electron chi connectivity index (χ4n) is 0. The molecule has 0 aromatic heterocycles. The summed E-state index contributed by atoms with van der Waals surface area (Å²) < 4.78 is 29.7. The zero-order valence-electron chi connectivity index (χ0n) is 7.44. The van der Waals surface area contributed by atoms with Gasteiger partial charge in [0, 0.05) is 0 Å². The minimum atomic E-state index is -3.17. The van der Waals surface area contributed by atoms with Gasteiger partial charge in [0.2, 0.25) is 0 Å². The van der Waals surface area contributed by atoms with Crippen molar-refractivity contribution in [2.45, 2.75) is 0 Å². The molecule has 0 saturated carbocycles. The van der Waals surface area contributed by atoms with E-state index in [0.29, 0.717) is 0 Å². The maximum Gasteiger partial charge on any atom is 2.00 e. The molecule has 15 heavy (non-hydrogen) atoms. The fourth-order valence-corrected chi connectivity index (χ4v) is 0. The molecule has 0 aliphatic rings. The summed E-state index contributed by atoms with van der Waals surface area (Å²) in [5.74, 6) is 0. The SMILES string of the molecule is [O-]B([O-])F.[O-]B([O-])F.[O-]B([O-])F.[Zn+2].[Zn+2].[Zn+2]. The van der Waals surface area contributed by atoms with Crippen molar-refractivity contribution in [3.63, 3.8) is 0 Å². The average molecular weight is 382 g/mol. The Morgan fingerprint density at radius 2 is 0.467 bits per heavy atom. The molecule has 0 fully saturated rings. The number of hydrogen-bond donors (Lipinski definition) is 0. The largest absolute Gasteiger partial charge is 2.00 e. The Kier molecular flexibility index (Phi) is 70.9. The van der Waals surface area contributed by atoms with E-state index in [2.05, 4.69) is 0 Å². The molecular formula is B3F3O6Zn3. The molecule has 15 heteroatoms. The summed E-state index contributed by atoms with van der Waals surface area (Å²) in [5, 5.41) is 49.8. The van der Waals surface area contributed by atoms with Crippen LogP contribution in [0.25, 0.3) is 0 Å². The van der Waals surface area contributed by atoms with Gasteiger partial charge in [-0.25, -0.2) is 0 Å². The van der Waals surface area contributed by atoms with E-state index in [0.717, 1.165) is 0 Å². The van der Waals surface area contributed by atoms with Crippen molar-refractivity contribution < 1.29 is 102 Å². The third kappa shape index (κ3) is 1110. The van der Waals surface area contributed by atoms with Gasteiger partial charge in [0.15, 0.2) is 0 Å². The molecule has 72 valence electrons. The average Bonchev–Trinajstić information content (AvgIpc) is 1.54. The fraction of sp³-hybridized carbons (Fsp3) is 0. The van der Waals surface area contributed by atoms with Crippen molar-refractivity contribution in [2.24, 2.45) is 0 Å². The summed E-state index contributed by atoms with van der Waals surface area (Å²) >= 11 is 0. The molecule has 0 aliphatic carbocycles. The first-order valence-electron chi connectivity index (χ1n) is 2.07. The van der Waals surface area contributed by atoms with E-state index in [-0.39, 0.29) is 58.4 Å². The summed E-state index contributed by atoms with van der Waals surface area (Å²) in [4.78, 5) is 0. The molecule has 0 aliphatic heterocycles. The van der Waals surface area contributed by atoms with Crippen molar-refractivity contribution in [3.05, 3.63) is 0 Å². The second-order valence-electron chi connectivity index (χ2n) is 0.823. The zero-order valence-corrected chi connectivity index (χ0v) is 16.3. The molecule has 0 aromatic rings. The quantitative estimate of drug-likeness (QED) is 0.382. The van der Waals surface area contributed by atoms with Crippen LogP contribution in [-0.2, 0) is 58.4 Å². The van der Waals surface area contributed by atoms with Gasteiger partial charge in [-0.3, -0.25) is 0 Å². The molecule has 0 heterocycles. The zero-order chi connectivity index (χ0) is 10.7. The summed E-state index contributed by atoms with van der Waals surface area (Å²) in [6, 6.07) is 0. The van der Waals surface area contributed by atoms with Gasteiger partial charge in [0.25, 0.3) is 0 Å². The minimum Gasteiger partial charge on any atom is -0.867 e. The first-order chi connectivity index (χ1) is 5.20. The van der Waals surface area contributed by atoms with Gasteiger partial charge >= 0.3 is 58.4 Å². The molecule has 0 spiro atoms.